The lowest BCUT2D eigenvalue weighted by atomic mass is 9.66. The van der Waals surface area contributed by atoms with E-state index in [0.717, 1.165) is 12.8 Å². The van der Waals surface area contributed by atoms with Crippen molar-refractivity contribution >= 4 is 17.9 Å². The number of hydrogen-bond acceptors (Lipinski definition) is 6. The minimum Gasteiger partial charge on any atom is -0.465 e. The van der Waals surface area contributed by atoms with Crippen molar-refractivity contribution in [2.45, 2.75) is 52.9 Å². The highest BCUT2D eigenvalue weighted by molar-refractivity contribution is 6.03. The molecular formula is C25H34O6. The fraction of sp³-hybridized carbons (Fsp3) is 0.560. The Bertz CT molecular complexity index is 766. The van der Waals surface area contributed by atoms with Crippen LogP contribution in [0.1, 0.15) is 58.4 Å². The Labute approximate surface area is 184 Å². The van der Waals surface area contributed by atoms with Gasteiger partial charge < -0.3 is 14.2 Å². The number of unbranched alkanes of at least 4 members (excludes halogenated alkanes) is 1. The normalized spacial score (nSPS) is 21.9. The quantitative estimate of drug-likeness (QED) is 0.180. The molecule has 0 radical (unpaired) electrons. The first-order chi connectivity index (χ1) is 14.9. The number of carbonyl (C=O) groups excluding carboxylic acids is 3. The molecule has 1 aromatic carbocycles. The van der Waals surface area contributed by atoms with Gasteiger partial charge in [0, 0.05) is 11.8 Å². The molecule has 170 valence electrons. The van der Waals surface area contributed by atoms with Gasteiger partial charge in [0.15, 0.2) is 5.41 Å². The molecule has 1 aliphatic rings. The molecule has 0 spiro atoms. The van der Waals surface area contributed by atoms with Crippen LogP contribution in [0.5, 0.6) is 0 Å². The van der Waals surface area contributed by atoms with Crippen LogP contribution in [0.4, 0.5) is 0 Å². The highest BCUT2D eigenvalue weighted by Gasteiger charge is 2.68. The average Bonchev–Trinajstić information content (AvgIpc) is 3.12. The Morgan fingerprint density at radius 1 is 1.00 bits per heavy atom. The minimum atomic E-state index is -1.70. The van der Waals surface area contributed by atoms with E-state index in [0.29, 0.717) is 17.7 Å². The maximum atomic E-state index is 13.5. The Hall–Kier alpha value is -2.63. The molecule has 0 heterocycles. The highest BCUT2D eigenvalue weighted by Crippen LogP contribution is 2.60. The van der Waals surface area contributed by atoms with Crippen LogP contribution >= 0.6 is 0 Å². The van der Waals surface area contributed by atoms with Crippen molar-refractivity contribution in [1.82, 2.24) is 0 Å². The smallest absolute Gasteiger partial charge is 0.324 e. The van der Waals surface area contributed by atoms with Crippen LogP contribution in [0.3, 0.4) is 0 Å². The van der Waals surface area contributed by atoms with E-state index in [1.165, 1.54) is 0 Å². The van der Waals surface area contributed by atoms with Crippen molar-refractivity contribution in [1.29, 1.82) is 0 Å². The molecule has 1 saturated carbocycles. The second kappa shape index (κ2) is 11.1. The van der Waals surface area contributed by atoms with E-state index in [1.54, 1.807) is 20.8 Å². The number of carbonyl (C=O) groups is 3. The van der Waals surface area contributed by atoms with Gasteiger partial charge >= 0.3 is 17.9 Å². The van der Waals surface area contributed by atoms with E-state index < -0.39 is 41.1 Å². The molecule has 0 bridgehead atoms. The van der Waals surface area contributed by atoms with Crippen molar-refractivity contribution in [3.8, 4) is 0 Å². The van der Waals surface area contributed by atoms with Crippen molar-refractivity contribution in [3.63, 3.8) is 0 Å². The molecule has 2 rings (SSSR count). The molecular weight excluding hydrogens is 396 g/mol. The van der Waals surface area contributed by atoms with Crippen molar-refractivity contribution in [2.75, 3.05) is 19.8 Å². The predicted octanol–water partition coefficient (Wildman–Crippen LogP) is 4.44. The van der Waals surface area contributed by atoms with Crippen molar-refractivity contribution < 1.29 is 28.6 Å². The summed E-state index contributed by atoms with van der Waals surface area (Å²) in [7, 11) is 0. The molecule has 1 fully saturated rings. The van der Waals surface area contributed by atoms with Crippen LogP contribution in [-0.4, -0.2) is 37.7 Å². The van der Waals surface area contributed by atoms with Crippen LogP contribution in [0.25, 0.3) is 0 Å². The molecule has 0 aromatic heterocycles. The van der Waals surface area contributed by atoms with Crippen molar-refractivity contribution in [3.05, 3.63) is 48.0 Å². The van der Waals surface area contributed by atoms with E-state index >= 15 is 0 Å². The first-order valence-corrected chi connectivity index (χ1v) is 11.1. The van der Waals surface area contributed by atoms with Gasteiger partial charge in [0.05, 0.1) is 25.7 Å². The van der Waals surface area contributed by atoms with Gasteiger partial charge in [-0.1, -0.05) is 55.8 Å². The lowest BCUT2D eigenvalue weighted by molar-refractivity contribution is -0.176. The summed E-state index contributed by atoms with van der Waals surface area (Å²) < 4.78 is 16.4. The fourth-order valence-electron chi connectivity index (χ4n) is 4.63. The Balaban J connectivity index is 2.70. The zero-order valence-corrected chi connectivity index (χ0v) is 19.0. The van der Waals surface area contributed by atoms with Gasteiger partial charge in [-0.15, -0.1) is 0 Å². The molecule has 3 atom stereocenters. The predicted molar refractivity (Wildman–Crippen MR) is 117 cm³/mol. The molecule has 0 saturated heterocycles. The van der Waals surface area contributed by atoms with E-state index in [4.69, 9.17) is 14.2 Å². The SMILES string of the molecule is C=C(C)[C@H]1C[C@@H](C(=O)OCCCC)[C@@H](c2ccccc2)C1(C(=O)OCC)C(=O)OCC. The van der Waals surface area contributed by atoms with Crippen LogP contribution in [0, 0.1) is 17.3 Å². The van der Waals surface area contributed by atoms with E-state index in [1.807, 2.05) is 37.3 Å². The minimum absolute atomic E-state index is 0.107. The topological polar surface area (TPSA) is 78.9 Å². The monoisotopic (exact) mass is 430 g/mol. The van der Waals surface area contributed by atoms with Gasteiger partial charge in [-0.05, 0) is 39.2 Å². The molecule has 31 heavy (non-hydrogen) atoms. The van der Waals surface area contributed by atoms with Gasteiger partial charge in [0.25, 0.3) is 0 Å². The summed E-state index contributed by atoms with van der Waals surface area (Å²) in [5.74, 6) is -3.86. The van der Waals surface area contributed by atoms with E-state index in [-0.39, 0.29) is 19.6 Å². The number of allylic oxidation sites excluding steroid dienone is 1. The van der Waals surface area contributed by atoms with Crippen molar-refractivity contribution in [2.24, 2.45) is 17.3 Å². The summed E-state index contributed by atoms with van der Waals surface area (Å²) in [5, 5.41) is 0. The lowest BCUT2D eigenvalue weighted by Crippen LogP contribution is -2.49. The Morgan fingerprint density at radius 3 is 2.06 bits per heavy atom. The fourth-order valence-corrected chi connectivity index (χ4v) is 4.63. The zero-order valence-electron chi connectivity index (χ0n) is 19.0. The van der Waals surface area contributed by atoms with Gasteiger partial charge in [0.1, 0.15) is 0 Å². The summed E-state index contributed by atoms with van der Waals surface area (Å²) in [6, 6.07) is 9.14. The molecule has 6 nitrogen and oxygen atoms in total. The molecule has 1 aromatic rings. The Morgan fingerprint density at radius 2 is 1.58 bits per heavy atom. The largest absolute Gasteiger partial charge is 0.465 e. The van der Waals surface area contributed by atoms with Crippen LogP contribution < -0.4 is 0 Å². The van der Waals surface area contributed by atoms with Crippen LogP contribution in [0.2, 0.25) is 0 Å². The standard InChI is InChI=1S/C25H34O6/c1-6-9-15-31-22(26)19-16-20(17(4)5)25(23(27)29-7-2,24(28)30-8-3)21(19)18-13-11-10-12-14-18/h10-14,19-21H,4,6-9,15-16H2,1-3,5H3/t19-,20-,21-/m1/s1. The third-order valence-corrected chi connectivity index (χ3v) is 5.96. The maximum Gasteiger partial charge on any atom is 0.324 e. The molecule has 0 amide bonds. The maximum absolute atomic E-state index is 13.5. The number of rotatable bonds is 10. The van der Waals surface area contributed by atoms with E-state index in [9.17, 15) is 14.4 Å². The average molecular weight is 431 g/mol. The molecule has 6 heteroatoms. The van der Waals surface area contributed by atoms with Gasteiger partial charge in [-0.25, -0.2) is 0 Å². The Kier molecular flexibility index (Phi) is 8.84. The summed E-state index contributed by atoms with van der Waals surface area (Å²) in [6.45, 7) is 11.7. The summed E-state index contributed by atoms with van der Waals surface area (Å²) in [5.41, 5.74) is -0.371. The second-order valence-electron chi connectivity index (χ2n) is 7.96. The summed E-state index contributed by atoms with van der Waals surface area (Å²) >= 11 is 0. The number of hydrogen-bond donors (Lipinski definition) is 0. The van der Waals surface area contributed by atoms with Crippen LogP contribution in [0.15, 0.2) is 42.5 Å². The lowest BCUT2D eigenvalue weighted by Gasteiger charge is -2.36. The van der Waals surface area contributed by atoms with Crippen LogP contribution in [-0.2, 0) is 28.6 Å². The number of esters is 3. The number of ether oxygens (including phenoxy) is 3. The molecule has 0 N–H and O–H groups in total. The third kappa shape index (κ3) is 4.83. The first kappa shape index (κ1) is 24.6. The summed E-state index contributed by atoms with van der Waals surface area (Å²) in [6.07, 6.45) is 1.90. The first-order valence-electron chi connectivity index (χ1n) is 11.1. The second-order valence-corrected chi connectivity index (χ2v) is 7.96. The third-order valence-electron chi connectivity index (χ3n) is 5.96. The molecule has 0 unspecified atom stereocenters. The van der Waals surface area contributed by atoms with Gasteiger partial charge in [-0.3, -0.25) is 14.4 Å². The molecule has 1 aliphatic carbocycles. The number of benzene rings is 1. The zero-order chi connectivity index (χ0) is 23.0. The van der Waals surface area contributed by atoms with E-state index in [2.05, 4.69) is 6.58 Å². The van der Waals surface area contributed by atoms with Gasteiger partial charge in [-0.2, -0.15) is 0 Å². The highest BCUT2D eigenvalue weighted by atomic mass is 16.6. The molecule has 0 aliphatic heterocycles. The van der Waals surface area contributed by atoms with Gasteiger partial charge in [0.2, 0.25) is 0 Å². The summed E-state index contributed by atoms with van der Waals surface area (Å²) in [4.78, 5) is 40.2.